The Kier molecular flexibility index (Phi) is 8.51. The molecule has 9 heteroatoms. The van der Waals surface area contributed by atoms with Crippen molar-refractivity contribution in [3.63, 3.8) is 0 Å². The van der Waals surface area contributed by atoms with Gasteiger partial charge < -0.3 is 10.1 Å². The number of aryl methyl sites for hydroxylation is 1. The van der Waals surface area contributed by atoms with Crippen LogP contribution in [0.1, 0.15) is 31.8 Å². The maximum absolute atomic E-state index is 12.4. The molecule has 3 rings (SSSR count). The van der Waals surface area contributed by atoms with Crippen LogP contribution >= 0.6 is 31.9 Å². The number of esters is 1. The molecule has 3 aromatic carbocycles. The number of amides is 2. The van der Waals surface area contributed by atoms with Crippen LogP contribution in [0.15, 0.2) is 80.8 Å². The van der Waals surface area contributed by atoms with Gasteiger partial charge in [-0.15, -0.1) is 0 Å². The molecule has 0 aliphatic rings. The number of nitrogens with one attached hydrogen (secondary N) is 2. The lowest BCUT2D eigenvalue weighted by atomic mass is 10.1. The average Bonchev–Trinajstić information content (AvgIpc) is 2.79. The number of carbonyl (C=O) groups excluding carboxylic acids is 3. The summed E-state index contributed by atoms with van der Waals surface area (Å²) in [5.74, 6) is -1.12. The fourth-order valence-electron chi connectivity index (χ4n) is 2.67. The van der Waals surface area contributed by atoms with Crippen molar-refractivity contribution in [3.8, 4) is 5.75 Å². The Balaban J connectivity index is 1.59. The number of ether oxygens (including phenoxy) is 1. The molecule has 2 amide bonds. The molecule has 0 atom stereocenters. The van der Waals surface area contributed by atoms with E-state index in [0.717, 1.165) is 14.5 Å². The zero-order valence-electron chi connectivity index (χ0n) is 17.5. The summed E-state index contributed by atoms with van der Waals surface area (Å²) < 4.78 is 7.00. The Labute approximate surface area is 207 Å². The van der Waals surface area contributed by atoms with Crippen LogP contribution in [0, 0.1) is 6.92 Å². The van der Waals surface area contributed by atoms with Crippen LogP contribution in [-0.2, 0) is 4.79 Å². The lowest BCUT2D eigenvalue weighted by molar-refractivity contribution is -0.120. The molecule has 33 heavy (non-hydrogen) atoms. The van der Waals surface area contributed by atoms with Gasteiger partial charge in [0.25, 0.3) is 11.8 Å². The Morgan fingerprint density at radius 2 is 1.67 bits per heavy atom. The van der Waals surface area contributed by atoms with Gasteiger partial charge >= 0.3 is 5.97 Å². The number of nitrogens with zero attached hydrogens (tertiary/aromatic N) is 1. The first-order valence-electron chi connectivity index (χ1n) is 9.76. The standard InChI is InChI=1S/C24H19Br2N3O4/c1-15-5-7-16(8-6-15)24(32)33-21-10-9-20(26)12-18(21)13-28-29-22(30)14-27-23(31)17-3-2-4-19(25)11-17/h2-13H,14H2,1H3,(H,27,31)(H,29,30)/b28-13+. The predicted octanol–water partition coefficient (Wildman–Crippen LogP) is 4.62. The lowest BCUT2D eigenvalue weighted by Crippen LogP contribution is -2.34. The number of hydrogen-bond donors (Lipinski definition) is 2. The van der Waals surface area contributed by atoms with Gasteiger partial charge in [-0.25, -0.2) is 10.2 Å². The first-order chi connectivity index (χ1) is 15.8. The number of benzene rings is 3. The summed E-state index contributed by atoms with van der Waals surface area (Å²) >= 11 is 6.66. The van der Waals surface area contributed by atoms with Crippen LogP contribution in [-0.4, -0.2) is 30.5 Å². The van der Waals surface area contributed by atoms with Crippen molar-refractivity contribution in [1.29, 1.82) is 0 Å². The van der Waals surface area contributed by atoms with Crippen molar-refractivity contribution in [1.82, 2.24) is 10.7 Å². The van der Waals surface area contributed by atoms with Crippen LogP contribution in [0.4, 0.5) is 0 Å². The van der Waals surface area contributed by atoms with Crippen LogP contribution < -0.4 is 15.5 Å². The number of rotatable bonds is 7. The molecule has 0 fully saturated rings. The maximum Gasteiger partial charge on any atom is 0.343 e. The van der Waals surface area contributed by atoms with E-state index in [-0.39, 0.29) is 18.2 Å². The highest BCUT2D eigenvalue weighted by molar-refractivity contribution is 9.10. The smallest absolute Gasteiger partial charge is 0.343 e. The molecular formula is C24H19Br2N3O4. The van der Waals surface area contributed by atoms with E-state index in [1.807, 2.05) is 19.1 Å². The normalized spacial score (nSPS) is 10.6. The van der Waals surface area contributed by atoms with Crippen molar-refractivity contribution in [2.75, 3.05) is 6.54 Å². The zero-order chi connectivity index (χ0) is 23.8. The molecule has 2 N–H and O–H groups in total. The Morgan fingerprint density at radius 3 is 2.39 bits per heavy atom. The SMILES string of the molecule is Cc1ccc(C(=O)Oc2ccc(Br)cc2/C=N/NC(=O)CNC(=O)c2cccc(Br)c2)cc1. The summed E-state index contributed by atoms with van der Waals surface area (Å²) in [4.78, 5) is 36.6. The van der Waals surface area contributed by atoms with E-state index >= 15 is 0 Å². The zero-order valence-corrected chi connectivity index (χ0v) is 20.6. The molecule has 0 aliphatic heterocycles. The summed E-state index contributed by atoms with van der Waals surface area (Å²) in [6, 6.07) is 18.9. The highest BCUT2D eigenvalue weighted by Crippen LogP contribution is 2.23. The third-order valence-electron chi connectivity index (χ3n) is 4.35. The number of hydrazone groups is 1. The molecule has 0 saturated heterocycles. The lowest BCUT2D eigenvalue weighted by Gasteiger charge is -2.08. The second-order valence-electron chi connectivity index (χ2n) is 6.92. The quantitative estimate of drug-likeness (QED) is 0.187. The van der Waals surface area contributed by atoms with Crippen molar-refractivity contribution in [2.24, 2.45) is 5.10 Å². The van der Waals surface area contributed by atoms with E-state index < -0.39 is 11.9 Å². The molecule has 0 spiro atoms. The van der Waals surface area contributed by atoms with Crippen molar-refractivity contribution in [2.45, 2.75) is 6.92 Å². The molecule has 168 valence electrons. The van der Waals surface area contributed by atoms with E-state index in [2.05, 4.69) is 47.7 Å². The van der Waals surface area contributed by atoms with Gasteiger partial charge in [-0.05, 0) is 55.5 Å². The number of carbonyl (C=O) groups is 3. The van der Waals surface area contributed by atoms with Gasteiger partial charge in [-0.2, -0.15) is 5.10 Å². The average molecular weight is 573 g/mol. The molecule has 0 unspecified atom stereocenters. The Morgan fingerprint density at radius 1 is 0.939 bits per heavy atom. The van der Waals surface area contributed by atoms with Gasteiger partial charge in [-0.3, -0.25) is 9.59 Å². The van der Waals surface area contributed by atoms with Crippen LogP contribution in [0.25, 0.3) is 0 Å². The summed E-state index contributed by atoms with van der Waals surface area (Å²) in [6.07, 6.45) is 1.36. The van der Waals surface area contributed by atoms with Crippen LogP contribution in [0.5, 0.6) is 5.75 Å². The summed E-state index contributed by atoms with van der Waals surface area (Å²) in [5, 5.41) is 6.43. The third-order valence-corrected chi connectivity index (χ3v) is 5.34. The van der Waals surface area contributed by atoms with E-state index in [1.165, 1.54) is 6.21 Å². The minimum absolute atomic E-state index is 0.254. The third kappa shape index (κ3) is 7.37. The minimum atomic E-state index is -0.511. The van der Waals surface area contributed by atoms with Gasteiger partial charge in [-0.1, -0.05) is 55.6 Å². The largest absolute Gasteiger partial charge is 0.422 e. The van der Waals surface area contributed by atoms with Gasteiger partial charge in [0, 0.05) is 20.1 Å². The molecule has 0 heterocycles. The second-order valence-corrected chi connectivity index (χ2v) is 8.76. The minimum Gasteiger partial charge on any atom is -0.422 e. The fourth-order valence-corrected chi connectivity index (χ4v) is 3.45. The van der Waals surface area contributed by atoms with E-state index in [9.17, 15) is 14.4 Å². The van der Waals surface area contributed by atoms with Crippen molar-refractivity contribution in [3.05, 3.63) is 97.9 Å². The second kappa shape index (κ2) is 11.5. The monoisotopic (exact) mass is 571 g/mol. The van der Waals surface area contributed by atoms with E-state index in [1.54, 1.807) is 54.6 Å². The first kappa shape index (κ1) is 24.3. The molecule has 0 aliphatic carbocycles. The van der Waals surface area contributed by atoms with Gasteiger partial charge in [0.15, 0.2) is 0 Å². The van der Waals surface area contributed by atoms with E-state index in [4.69, 9.17) is 4.74 Å². The summed E-state index contributed by atoms with van der Waals surface area (Å²) in [7, 11) is 0. The van der Waals surface area contributed by atoms with Gasteiger partial charge in [0.2, 0.25) is 0 Å². The number of halogens is 2. The Hall–Kier alpha value is -3.30. The highest BCUT2D eigenvalue weighted by Gasteiger charge is 2.12. The number of hydrogen-bond acceptors (Lipinski definition) is 5. The maximum atomic E-state index is 12.4. The predicted molar refractivity (Wildman–Crippen MR) is 132 cm³/mol. The van der Waals surface area contributed by atoms with Crippen molar-refractivity contribution >= 4 is 55.9 Å². The van der Waals surface area contributed by atoms with Crippen molar-refractivity contribution < 1.29 is 19.1 Å². The molecule has 3 aromatic rings. The molecule has 0 aromatic heterocycles. The van der Waals surface area contributed by atoms with E-state index in [0.29, 0.717) is 16.7 Å². The van der Waals surface area contributed by atoms with Gasteiger partial charge in [0.1, 0.15) is 5.75 Å². The molecule has 7 nitrogen and oxygen atoms in total. The molecule has 0 bridgehead atoms. The summed E-state index contributed by atoms with van der Waals surface area (Å²) in [5.41, 5.74) is 4.69. The van der Waals surface area contributed by atoms with Gasteiger partial charge in [0.05, 0.1) is 18.3 Å². The molecule has 0 radical (unpaired) electrons. The highest BCUT2D eigenvalue weighted by atomic mass is 79.9. The molecular weight excluding hydrogens is 554 g/mol. The van der Waals surface area contributed by atoms with Crippen LogP contribution in [0.3, 0.4) is 0 Å². The molecule has 0 saturated carbocycles. The first-order valence-corrected chi connectivity index (χ1v) is 11.3. The topological polar surface area (TPSA) is 96.9 Å². The fraction of sp³-hybridized carbons (Fsp3) is 0.0833. The summed E-state index contributed by atoms with van der Waals surface area (Å²) in [6.45, 7) is 1.68. The van der Waals surface area contributed by atoms with Crippen LogP contribution in [0.2, 0.25) is 0 Å². The Bertz CT molecular complexity index is 1210.